The molecule has 3 aromatic rings. The molecule has 7 heteroatoms. The van der Waals surface area contributed by atoms with E-state index in [9.17, 15) is 14.7 Å². The number of esters is 1. The van der Waals surface area contributed by atoms with Crippen molar-refractivity contribution < 1.29 is 19.1 Å². The Morgan fingerprint density at radius 1 is 1.20 bits per heavy atom. The average molecular weight is 379 g/mol. The van der Waals surface area contributed by atoms with Crippen molar-refractivity contribution in [3.05, 3.63) is 73.6 Å². The second-order valence-corrected chi connectivity index (χ2v) is 6.22. The van der Waals surface area contributed by atoms with E-state index in [0.29, 0.717) is 21.5 Å². The van der Waals surface area contributed by atoms with Gasteiger partial charge < -0.3 is 14.3 Å². The zero-order valence-corrected chi connectivity index (χ0v) is 14.5. The number of hydrogen-bond acceptors (Lipinski definition) is 5. The Balaban J connectivity index is 1.93. The predicted molar refractivity (Wildman–Crippen MR) is 94.5 cm³/mol. The average Bonchev–Trinajstić information content (AvgIpc) is 2.58. The molecule has 25 heavy (non-hydrogen) atoms. The van der Waals surface area contributed by atoms with Crippen LogP contribution in [-0.4, -0.2) is 11.1 Å². The molecule has 5 nitrogen and oxygen atoms in total. The summed E-state index contributed by atoms with van der Waals surface area (Å²) >= 11 is 11.8. The smallest absolute Gasteiger partial charge is 0.340 e. The molecule has 0 unspecified atom stereocenters. The summed E-state index contributed by atoms with van der Waals surface area (Å²) in [5.74, 6) is -0.653. The fourth-order valence-corrected chi connectivity index (χ4v) is 2.78. The van der Waals surface area contributed by atoms with Crippen LogP contribution < -0.4 is 5.63 Å². The standard InChI is InChI=1S/C18H12Cl2O5/c1-9-15(21)5-3-12-10(6-16(22)25-17(9)12)8-24-18(23)13-7-11(19)2-4-14(13)20/h2-7,21H,8H2,1H3. The minimum atomic E-state index is -0.663. The van der Waals surface area contributed by atoms with Gasteiger partial charge in [0.15, 0.2) is 0 Å². The predicted octanol–water partition coefficient (Wildman–Crippen LogP) is 4.47. The fraction of sp³-hybridized carbons (Fsp3) is 0.111. The van der Waals surface area contributed by atoms with Gasteiger partial charge in [0.1, 0.15) is 17.9 Å². The Morgan fingerprint density at radius 3 is 2.72 bits per heavy atom. The number of fused-ring (bicyclic) bond motifs is 1. The molecule has 1 N–H and O–H groups in total. The van der Waals surface area contributed by atoms with Gasteiger partial charge in [0.25, 0.3) is 0 Å². The lowest BCUT2D eigenvalue weighted by Crippen LogP contribution is -2.08. The fourth-order valence-electron chi connectivity index (χ4n) is 2.41. The number of aromatic hydroxyl groups is 1. The van der Waals surface area contributed by atoms with Gasteiger partial charge in [0.05, 0.1) is 10.6 Å². The number of rotatable bonds is 3. The van der Waals surface area contributed by atoms with Crippen LogP contribution in [0.2, 0.25) is 10.0 Å². The van der Waals surface area contributed by atoms with Gasteiger partial charge in [-0.25, -0.2) is 9.59 Å². The zero-order chi connectivity index (χ0) is 18.1. The van der Waals surface area contributed by atoms with Gasteiger partial charge in [-0.15, -0.1) is 0 Å². The molecule has 0 aliphatic rings. The van der Waals surface area contributed by atoms with Crippen LogP contribution in [0.1, 0.15) is 21.5 Å². The zero-order valence-electron chi connectivity index (χ0n) is 13.0. The van der Waals surface area contributed by atoms with Crippen LogP contribution in [0.15, 0.2) is 45.6 Å². The van der Waals surface area contributed by atoms with E-state index in [4.69, 9.17) is 32.4 Å². The largest absolute Gasteiger partial charge is 0.508 e. The summed E-state index contributed by atoms with van der Waals surface area (Å²) in [5.41, 5.74) is 0.671. The first-order valence-corrected chi connectivity index (χ1v) is 8.00. The lowest BCUT2D eigenvalue weighted by Gasteiger charge is -2.10. The van der Waals surface area contributed by atoms with E-state index < -0.39 is 11.6 Å². The molecule has 2 aromatic carbocycles. The van der Waals surface area contributed by atoms with Crippen LogP contribution in [0.5, 0.6) is 5.75 Å². The molecule has 0 bridgehead atoms. The van der Waals surface area contributed by atoms with Crippen molar-refractivity contribution in [2.24, 2.45) is 0 Å². The van der Waals surface area contributed by atoms with E-state index in [1.807, 2.05) is 0 Å². The van der Waals surface area contributed by atoms with E-state index in [-0.39, 0.29) is 28.5 Å². The minimum Gasteiger partial charge on any atom is -0.508 e. The van der Waals surface area contributed by atoms with Crippen molar-refractivity contribution in [2.45, 2.75) is 13.5 Å². The van der Waals surface area contributed by atoms with Crippen LogP contribution >= 0.6 is 23.2 Å². The Labute approximate surface area is 152 Å². The van der Waals surface area contributed by atoms with E-state index in [1.54, 1.807) is 19.1 Å². The number of hydrogen-bond donors (Lipinski definition) is 1. The number of phenols is 1. The monoisotopic (exact) mass is 378 g/mol. The van der Waals surface area contributed by atoms with E-state index >= 15 is 0 Å². The van der Waals surface area contributed by atoms with Crippen LogP contribution in [0.4, 0.5) is 0 Å². The highest BCUT2D eigenvalue weighted by molar-refractivity contribution is 6.35. The van der Waals surface area contributed by atoms with E-state index in [0.717, 1.165) is 0 Å². The molecule has 128 valence electrons. The lowest BCUT2D eigenvalue weighted by molar-refractivity contribution is 0.0474. The number of benzene rings is 2. The first kappa shape index (κ1) is 17.3. The highest BCUT2D eigenvalue weighted by Gasteiger charge is 2.15. The highest BCUT2D eigenvalue weighted by Crippen LogP contribution is 2.28. The summed E-state index contributed by atoms with van der Waals surface area (Å²) in [4.78, 5) is 24.0. The molecule has 0 atom stereocenters. The molecule has 0 saturated carbocycles. The van der Waals surface area contributed by atoms with E-state index in [1.165, 1.54) is 24.3 Å². The van der Waals surface area contributed by atoms with Gasteiger partial charge in [0, 0.05) is 27.6 Å². The number of phenolic OH excluding ortho intramolecular Hbond substituents is 1. The van der Waals surface area contributed by atoms with Crippen molar-refractivity contribution >= 4 is 40.1 Å². The number of carbonyl (C=O) groups excluding carboxylic acids is 1. The molecule has 0 fully saturated rings. The van der Waals surface area contributed by atoms with Gasteiger partial charge >= 0.3 is 11.6 Å². The maximum atomic E-state index is 12.2. The van der Waals surface area contributed by atoms with Gasteiger partial charge in [-0.3, -0.25) is 0 Å². The van der Waals surface area contributed by atoms with Crippen molar-refractivity contribution in [1.29, 1.82) is 0 Å². The third-order valence-corrected chi connectivity index (χ3v) is 4.29. The molecular formula is C18H12Cl2O5. The first-order valence-electron chi connectivity index (χ1n) is 7.24. The first-order chi connectivity index (χ1) is 11.9. The summed E-state index contributed by atoms with van der Waals surface area (Å²) in [6.07, 6.45) is 0. The van der Waals surface area contributed by atoms with Crippen molar-refractivity contribution in [3.8, 4) is 5.75 Å². The normalized spacial score (nSPS) is 10.8. The third kappa shape index (κ3) is 3.48. The molecule has 0 spiro atoms. The van der Waals surface area contributed by atoms with E-state index in [2.05, 4.69) is 0 Å². The Hall–Kier alpha value is -2.50. The van der Waals surface area contributed by atoms with Gasteiger partial charge in [-0.05, 0) is 37.3 Å². The van der Waals surface area contributed by atoms with Gasteiger partial charge in [0.2, 0.25) is 0 Å². The molecule has 0 saturated heterocycles. The van der Waals surface area contributed by atoms with Crippen LogP contribution in [0.25, 0.3) is 11.0 Å². The Kier molecular flexibility index (Phi) is 4.70. The van der Waals surface area contributed by atoms with Crippen LogP contribution in [0.3, 0.4) is 0 Å². The summed E-state index contributed by atoms with van der Waals surface area (Å²) in [5, 5.41) is 10.9. The molecule has 0 radical (unpaired) electrons. The summed E-state index contributed by atoms with van der Waals surface area (Å²) < 4.78 is 10.4. The number of carbonyl (C=O) groups is 1. The van der Waals surface area contributed by atoms with Crippen LogP contribution in [-0.2, 0) is 11.3 Å². The number of aryl methyl sites for hydroxylation is 1. The SMILES string of the molecule is Cc1c(O)ccc2c(COC(=O)c3cc(Cl)ccc3Cl)cc(=O)oc12. The summed E-state index contributed by atoms with van der Waals surface area (Å²) in [7, 11) is 0. The second kappa shape index (κ2) is 6.78. The molecule has 0 aliphatic heterocycles. The Morgan fingerprint density at radius 2 is 1.96 bits per heavy atom. The molecule has 3 rings (SSSR count). The topological polar surface area (TPSA) is 76.7 Å². The molecule has 0 aliphatic carbocycles. The van der Waals surface area contributed by atoms with Crippen molar-refractivity contribution in [3.63, 3.8) is 0 Å². The summed E-state index contributed by atoms with van der Waals surface area (Å²) in [6, 6.07) is 8.79. The quantitative estimate of drug-likeness (QED) is 0.537. The Bertz CT molecular complexity index is 1040. The maximum Gasteiger partial charge on any atom is 0.340 e. The molecule has 0 amide bonds. The van der Waals surface area contributed by atoms with Crippen molar-refractivity contribution in [1.82, 2.24) is 0 Å². The van der Waals surface area contributed by atoms with Gasteiger partial charge in [-0.1, -0.05) is 23.2 Å². The molecular weight excluding hydrogens is 367 g/mol. The van der Waals surface area contributed by atoms with Crippen LogP contribution in [0, 0.1) is 6.92 Å². The highest BCUT2D eigenvalue weighted by atomic mass is 35.5. The van der Waals surface area contributed by atoms with Crippen molar-refractivity contribution in [2.75, 3.05) is 0 Å². The lowest BCUT2D eigenvalue weighted by atomic mass is 10.1. The number of ether oxygens (including phenoxy) is 1. The summed E-state index contributed by atoms with van der Waals surface area (Å²) in [6.45, 7) is 1.47. The maximum absolute atomic E-state index is 12.2. The number of halogens is 2. The minimum absolute atomic E-state index is 0.00973. The molecule has 1 aromatic heterocycles. The second-order valence-electron chi connectivity index (χ2n) is 5.38. The third-order valence-electron chi connectivity index (χ3n) is 3.73. The van der Waals surface area contributed by atoms with Gasteiger partial charge in [-0.2, -0.15) is 0 Å². The molecule has 1 heterocycles.